The van der Waals surface area contributed by atoms with Gasteiger partial charge in [-0.05, 0) is 50.2 Å². The van der Waals surface area contributed by atoms with E-state index in [0.717, 1.165) is 16.5 Å². The summed E-state index contributed by atoms with van der Waals surface area (Å²) in [6.07, 6.45) is 7.13. The van der Waals surface area contributed by atoms with Crippen molar-refractivity contribution in [3.63, 3.8) is 0 Å². The predicted molar refractivity (Wildman–Crippen MR) is 154 cm³/mol. The number of sulfone groups is 1. The Morgan fingerprint density at radius 3 is 2.80 bits per heavy atom. The summed E-state index contributed by atoms with van der Waals surface area (Å²) in [5.41, 5.74) is 4.37. The highest BCUT2D eigenvalue weighted by Crippen LogP contribution is 2.45. The van der Waals surface area contributed by atoms with Crippen molar-refractivity contribution in [3.8, 4) is 11.3 Å². The maximum atomic E-state index is 13.3. The van der Waals surface area contributed by atoms with E-state index in [-0.39, 0.29) is 26.1 Å². The molecule has 3 unspecified atom stereocenters. The second-order valence-electron chi connectivity index (χ2n) is 9.58. The number of carbonyl (C=O) groups excluding carboxylic acids is 1. The van der Waals surface area contributed by atoms with Crippen LogP contribution in [-0.4, -0.2) is 78.1 Å². The third-order valence-corrected chi connectivity index (χ3v) is 10.2. The fourth-order valence-corrected chi connectivity index (χ4v) is 7.89. The Hall–Kier alpha value is -3.88. The molecule has 5 rings (SSSR count). The van der Waals surface area contributed by atoms with E-state index in [9.17, 15) is 23.1 Å². The molecule has 0 radical (unpaired) electrons. The number of nitrogens with zero attached hydrogens (tertiary/aromatic N) is 4. The maximum Gasteiger partial charge on any atom is 0.325 e. The lowest BCUT2D eigenvalue weighted by Gasteiger charge is -2.52. The number of aliphatic carboxylic acids is 1. The van der Waals surface area contributed by atoms with Crippen LogP contribution in [0.25, 0.3) is 21.5 Å². The Kier molecular flexibility index (Phi) is 7.33. The molecular formula is C26H29N7O5S2. The van der Waals surface area contributed by atoms with Crippen LogP contribution in [0.3, 0.4) is 0 Å². The number of nitrogens with one attached hydrogen (secondary N) is 3. The highest BCUT2D eigenvalue weighted by Gasteiger charge is 2.65. The maximum absolute atomic E-state index is 13.3. The molecule has 14 heteroatoms. The number of hydrogen-bond acceptors (Lipinski definition) is 10. The zero-order valence-corrected chi connectivity index (χ0v) is 23.5. The number of carboxylic acid groups (broad SMARTS) is 1. The molecule has 0 bridgehead atoms. The number of pyridine rings is 1. The molecule has 0 spiro atoms. The zero-order valence-electron chi connectivity index (χ0n) is 21.9. The Labute approximate surface area is 235 Å². The number of aliphatic imine (C=N–C) groups is 1. The first kappa shape index (κ1) is 27.7. The summed E-state index contributed by atoms with van der Waals surface area (Å²) < 4.78 is 25.3. The van der Waals surface area contributed by atoms with Crippen LogP contribution in [0, 0.1) is 5.92 Å². The molecule has 1 aromatic carbocycles. The molecule has 4 N–H and O–H groups in total. The molecule has 2 amide bonds. The van der Waals surface area contributed by atoms with Crippen molar-refractivity contribution in [2.24, 2.45) is 10.9 Å². The van der Waals surface area contributed by atoms with Gasteiger partial charge in [0.2, 0.25) is 5.79 Å². The minimum absolute atomic E-state index is 0.0422. The number of carbonyl (C=O) groups is 2. The molecule has 2 aliphatic rings. The molecule has 2 aromatic heterocycles. The number of fused-ring (bicyclic) bond motifs is 1. The van der Waals surface area contributed by atoms with E-state index in [1.165, 1.54) is 17.6 Å². The second-order valence-corrected chi connectivity index (χ2v) is 12.7. The van der Waals surface area contributed by atoms with Gasteiger partial charge in [-0.25, -0.2) is 23.2 Å². The summed E-state index contributed by atoms with van der Waals surface area (Å²) in [5.74, 6) is -4.57. The number of allylic oxidation sites excluding steroid dienone is 1. The molecule has 40 heavy (non-hydrogen) atoms. The van der Waals surface area contributed by atoms with Crippen LogP contribution in [0.1, 0.15) is 13.3 Å². The molecule has 1 saturated heterocycles. The smallest absolute Gasteiger partial charge is 0.325 e. The number of rotatable bonds is 7. The van der Waals surface area contributed by atoms with Crippen LogP contribution in [-0.2, 0) is 14.6 Å². The normalized spacial score (nSPS) is 24.6. The average Bonchev–Trinajstić information content (AvgIpc) is 3.41. The Morgan fingerprint density at radius 1 is 1.27 bits per heavy atom. The van der Waals surface area contributed by atoms with Crippen LogP contribution < -0.4 is 20.9 Å². The number of benzene rings is 1. The molecule has 0 aliphatic carbocycles. The van der Waals surface area contributed by atoms with Crippen molar-refractivity contribution in [2.45, 2.75) is 23.9 Å². The molecular weight excluding hydrogens is 554 g/mol. The van der Waals surface area contributed by atoms with Crippen molar-refractivity contribution >= 4 is 55.3 Å². The lowest BCUT2D eigenvalue weighted by Crippen LogP contribution is -2.75. The third kappa shape index (κ3) is 4.51. The van der Waals surface area contributed by atoms with Gasteiger partial charge in [0.25, 0.3) is 0 Å². The number of aromatic nitrogens is 2. The highest BCUT2D eigenvalue weighted by molar-refractivity contribution is 7.92. The number of anilines is 1. The molecule has 12 nitrogen and oxygen atoms in total. The van der Waals surface area contributed by atoms with E-state index in [1.54, 1.807) is 41.9 Å². The molecule has 2 aliphatic heterocycles. The number of piperidine rings is 1. The van der Waals surface area contributed by atoms with E-state index in [2.05, 4.69) is 30.9 Å². The minimum Gasteiger partial charge on any atom is -0.480 e. The summed E-state index contributed by atoms with van der Waals surface area (Å²) in [5, 5.41) is 19.2. The van der Waals surface area contributed by atoms with Gasteiger partial charge < -0.3 is 20.6 Å². The number of carboxylic acids is 1. The van der Waals surface area contributed by atoms with Gasteiger partial charge >= 0.3 is 12.0 Å². The van der Waals surface area contributed by atoms with E-state index < -0.39 is 38.3 Å². The van der Waals surface area contributed by atoms with Crippen LogP contribution in [0.15, 0.2) is 59.3 Å². The quantitative estimate of drug-likeness (QED) is 0.326. The SMILES string of the molecule is CCNC(=O)NC1(C2CNCCC2(C(=O)O)S(C)(=O)=O)N=CC=CN1c1cc(-c2ccccn2)c2scnc2c1. The summed E-state index contributed by atoms with van der Waals surface area (Å²) in [4.78, 5) is 41.4. The topological polar surface area (TPSA) is 166 Å². The third-order valence-electron chi connectivity index (χ3n) is 7.32. The fraction of sp³-hybridized carbons (Fsp3) is 0.346. The van der Waals surface area contributed by atoms with Crippen molar-refractivity contribution in [2.75, 3.05) is 30.8 Å². The first-order valence-corrected chi connectivity index (χ1v) is 15.4. The van der Waals surface area contributed by atoms with E-state index in [0.29, 0.717) is 16.9 Å². The zero-order chi connectivity index (χ0) is 28.5. The van der Waals surface area contributed by atoms with Crippen LogP contribution in [0.5, 0.6) is 0 Å². The second kappa shape index (κ2) is 10.6. The molecule has 4 heterocycles. The Bertz CT molecular complexity index is 1610. The fourth-order valence-electron chi connectivity index (χ4n) is 5.54. The van der Waals surface area contributed by atoms with Gasteiger partial charge in [0.05, 0.1) is 27.3 Å². The number of urea groups is 1. The molecule has 3 atom stereocenters. The monoisotopic (exact) mass is 583 g/mol. The Morgan fingerprint density at radius 2 is 2.10 bits per heavy atom. The lowest BCUT2D eigenvalue weighted by atomic mass is 9.79. The van der Waals surface area contributed by atoms with Crippen LogP contribution in [0.4, 0.5) is 10.5 Å². The van der Waals surface area contributed by atoms with Gasteiger partial charge in [-0.3, -0.25) is 15.1 Å². The number of amides is 2. The van der Waals surface area contributed by atoms with Gasteiger partial charge in [0, 0.05) is 49.2 Å². The average molecular weight is 584 g/mol. The van der Waals surface area contributed by atoms with Crippen LogP contribution >= 0.6 is 11.3 Å². The summed E-state index contributed by atoms with van der Waals surface area (Å²) >= 11 is 1.45. The standard InChI is InChI=1S/C26H29N7O5S2/c1-3-28-24(36)32-26(21-15-27-11-8-25(21,23(34)35)40(2,37)38)31-10-6-12-33(26)17-13-18(19-7-4-5-9-29-19)22-20(14-17)30-16-39-22/h4-7,9-10,12-14,16,21,27H,3,8,11,15H2,1-2H3,(H,34,35)(H2,28,32,36). The summed E-state index contributed by atoms with van der Waals surface area (Å²) in [6, 6.07) is 8.59. The van der Waals surface area contributed by atoms with E-state index in [1.807, 2.05) is 24.3 Å². The first-order chi connectivity index (χ1) is 19.1. The number of hydrogen-bond donors (Lipinski definition) is 4. The minimum atomic E-state index is -4.21. The van der Waals surface area contributed by atoms with Crippen molar-refractivity contribution in [1.82, 2.24) is 25.9 Å². The first-order valence-electron chi connectivity index (χ1n) is 12.6. The summed E-state index contributed by atoms with van der Waals surface area (Å²) in [6.45, 7) is 2.15. The van der Waals surface area contributed by atoms with Crippen molar-refractivity contribution in [3.05, 3.63) is 54.3 Å². The summed E-state index contributed by atoms with van der Waals surface area (Å²) in [7, 11) is -4.21. The van der Waals surface area contributed by atoms with E-state index >= 15 is 0 Å². The molecule has 0 saturated carbocycles. The molecule has 210 valence electrons. The molecule has 1 fully saturated rings. The van der Waals surface area contributed by atoms with Gasteiger partial charge in [-0.1, -0.05) is 6.07 Å². The van der Waals surface area contributed by atoms with Gasteiger partial charge in [-0.2, -0.15) is 0 Å². The van der Waals surface area contributed by atoms with E-state index in [4.69, 9.17) is 0 Å². The van der Waals surface area contributed by atoms with Crippen LogP contribution in [0.2, 0.25) is 0 Å². The Balaban J connectivity index is 1.77. The van der Waals surface area contributed by atoms with Gasteiger partial charge in [0.15, 0.2) is 14.6 Å². The number of thiazole rings is 1. The lowest BCUT2D eigenvalue weighted by molar-refractivity contribution is -0.143. The predicted octanol–water partition coefficient (Wildman–Crippen LogP) is 2.21. The van der Waals surface area contributed by atoms with Crippen molar-refractivity contribution < 1.29 is 23.1 Å². The van der Waals surface area contributed by atoms with Gasteiger partial charge in [-0.15, -0.1) is 11.3 Å². The van der Waals surface area contributed by atoms with Gasteiger partial charge in [0.1, 0.15) is 0 Å². The highest BCUT2D eigenvalue weighted by atomic mass is 32.2. The molecule has 3 aromatic rings. The van der Waals surface area contributed by atoms with Crippen molar-refractivity contribution in [1.29, 1.82) is 0 Å². The largest absolute Gasteiger partial charge is 0.480 e.